The Kier molecular flexibility index (Phi) is 5.78. The summed E-state index contributed by atoms with van der Waals surface area (Å²) in [5.41, 5.74) is 8.15. The van der Waals surface area contributed by atoms with Crippen LogP contribution in [0.1, 0.15) is 18.9 Å². The van der Waals surface area contributed by atoms with E-state index in [-0.39, 0.29) is 5.91 Å². The summed E-state index contributed by atoms with van der Waals surface area (Å²) in [5, 5.41) is 7.23. The lowest BCUT2D eigenvalue weighted by atomic mass is 10.1. The predicted molar refractivity (Wildman–Crippen MR) is 86.1 cm³/mol. The lowest BCUT2D eigenvalue weighted by Gasteiger charge is -2.12. The first-order valence-corrected chi connectivity index (χ1v) is 7.51. The van der Waals surface area contributed by atoms with Gasteiger partial charge in [0.15, 0.2) is 0 Å². The highest BCUT2D eigenvalue weighted by Gasteiger charge is 2.15. The second-order valence-electron chi connectivity index (χ2n) is 5.21. The van der Waals surface area contributed by atoms with E-state index in [0.717, 1.165) is 36.0 Å². The monoisotopic (exact) mass is 288 g/mol. The normalized spacial score (nSPS) is 12.5. The first kappa shape index (κ1) is 15.5. The average Bonchev–Trinajstić information content (AvgIpc) is 2.90. The molecular formula is C16H24N4O. The zero-order valence-electron chi connectivity index (χ0n) is 12.5. The Hall–Kier alpha value is -1.85. The summed E-state index contributed by atoms with van der Waals surface area (Å²) in [6.07, 6.45) is 3.56. The molecule has 1 aromatic heterocycles. The number of aromatic amines is 1. The summed E-state index contributed by atoms with van der Waals surface area (Å²) in [7, 11) is 0. The maximum atomic E-state index is 12.0. The molecule has 0 fully saturated rings. The van der Waals surface area contributed by atoms with Gasteiger partial charge < -0.3 is 21.4 Å². The van der Waals surface area contributed by atoms with Gasteiger partial charge in [0, 0.05) is 30.2 Å². The third kappa shape index (κ3) is 4.31. The molecule has 2 aromatic rings. The average molecular weight is 288 g/mol. The van der Waals surface area contributed by atoms with E-state index in [4.69, 9.17) is 5.73 Å². The molecule has 0 bridgehead atoms. The van der Waals surface area contributed by atoms with Gasteiger partial charge >= 0.3 is 0 Å². The van der Waals surface area contributed by atoms with E-state index in [1.807, 2.05) is 30.5 Å². The summed E-state index contributed by atoms with van der Waals surface area (Å²) in [5.74, 6) is -0.0985. The number of fused-ring (bicyclic) bond motifs is 1. The zero-order valence-corrected chi connectivity index (χ0v) is 12.5. The fraction of sp³-hybridized carbons (Fsp3) is 0.438. The highest BCUT2D eigenvalue weighted by Crippen LogP contribution is 2.18. The third-order valence-electron chi connectivity index (χ3n) is 3.48. The highest BCUT2D eigenvalue weighted by atomic mass is 16.2. The minimum atomic E-state index is -0.518. The fourth-order valence-electron chi connectivity index (χ4n) is 2.34. The van der Waals surface area contributed by atoms with Crippen LogP contribution < -0.4 is 16.4 Å². The van der Waals surface area contributed by atoms with Crippen molar-refractivity contribution < 1.29 is 4.79 Å². The van der Waals surface area contributed by atoms with Gasteiger partial charge in [0.1, 0.15) is 0 Å². The van der Waals surface area contributed by atoms with E-state index < -0.39 is 6.04 Å². The molecule has 0 spiro atoms. The molecule has 114 valence electrons. The Labute approximate surface area is 125 Å². The van der Waals surface area contributed by atoms with Crippen molar-refractivity contribution in [2.75, 3.05) is 19.6 Å². The smallest absolute Gasteiger partial charge is 0.237 e. The van der Waals surface area contributed by atoms with Crippen molar-refractivity contribution in [3.8, 4) is 0 Å². The standard InChI is InChI=1S/C16H24N4O/c1-2-7-18-8-9-19-16(21)14(17)10-12-11-20-15-6-4-3-5-13(12)15/h3-6,11,14,18,20H,2,7-10,17H2,1H3,(H,19,21)/t14-/m0/s1. The van der Waals surface area contributed by atoms with Gasteiger partial charge in [-0.15, -0.1) is 0 Å². The molecule has 0 saturated carbocycles. The molecule has 0 unspecified atom stereocenters. The molecule has 21 heavy (non-hydrogen) atoms. The van der Waals surface area contributed by atoms with Crippen molar-refractivity contribution >= 4 is 16.8 Å². The molecule has 1 atom stereocenters. The van der Waals surface area contributed by atoms with Crippen LogP contribution in [0.15, 0.2) is 30.5 Å². The predicted octanol–water partition coefficient (Wildman–Crippen LogP) is 1.15. The Morgan fingerprint density at radius 3 is 2.90 bits per heavy atom. The van der Waals surface area contributed by atoms with Crippen LogP contribution in [0.3, 0.4) is 0 Å². The van der Waals surface area contributed by atoms with E-state index in [9.17, 15) is 4.79 Å². The van der Waals surface area contributed by atoms with Gasteiger partial charge in [-0.05, 0) is 31.0 Å². The van der Waals surface area contributed by atoms with Crippen LogP contribution in [-0.4, -0.2) is 36.6 Å². The molecule has 0 aliphatic carbocycles. The Bertz CT molecular complexity index is 578. The third-order valence-corrected chi connectivity index (χ3v) is 3.48. The number of nitrogens with two attached hydrogens (primary N) is 1. The number of para-hydroxylation sites is 1. The number of carbonyl (C=O) groups excluding carboxylic acids is 1. The molecule has 1 aromatic carbocycles. The number of amides is 1. The van der Waals surface area contributed by atoms with Gasteiger partial charge in [-0.1, -0.05) is 25.1 Å². The first-order chi connectivity index (χ1) is 10.2. The summed E-state index contributed by atoms with van der Waals surface area (Å²) >= 11 is 0. The van der Waals surface area contributed by atoms with E-state index in [1.165, 1.54) is 0 Å². The minimum absolute atomic E-state index is 0.0985. The van der Waals surface area contributed by atoms with Crippen molar-refractivity contribution in [2.24, 2.45) is 5.73 Å². The van der Waals surface area contributed by atoms with E-state index in [1.54, 1.807) is 0 Å². The minimum Gasteiger partial charge on any atom is -0.361 e. The largest absolute Gasteiger partial charge is 0.361 e. The molecular weight excluding hydrogens is 264 g/mol. The van der Waals surface area contributed by atoms with Gasteiger partial charge in [0.2, 0.25) is 5.91 Å². The van der Waals surface area contributed by atoms with Gasteiger partial charge in [0.25, 0.3) is 0 Å². The highest BCUT2D eigenvalue weighted by molar-refractivity contribution is 5.86. The topological polar surface area (TPSA) is 82.9 Å². The molecule has 1 amide bonds. The Morgan fingerprint density at radius 2 is 2.10 bits per heavy atom. The molecule has 0 radical (unpaired) electrons. The van der Waals surface area contributed by atoms with Crippen LogP contribution in [0.2, 0.25) is 0 Å². The van der Waals surface area contributed by atoms with Gasteiger partial charge in [0.05, 0.1) is 6.04 Å². The Balaban J connectivity index is 1.83. The number of rotatable bonds is 8. The number of hydrogen-bond donors (Lipinski definition) is 4. The maximum Gasteiger partial charge on any atom is 0.237 e. The number of nitrogens with one attached hydrogen (secondary N) is 3. The number of aromatic nitrogens is 1. The molecule has 2 rings (SSSR count). The van der Waals surface area contributed by atoms with Gasteiger partial charge in [-0.3, -0.25) is 4.79 Å². The van der Waals surface area contributed by atoms with E-state index >= 15 is 0 Å². The van der Waals surface area contributed by atoms with Crippen molar-refractivity contribution in [3.05, 3.63) is 36.0 Å². The first-order valence-electron chi connectivity index (χ1n) is 7.51. The van der Waals surface area contributed by atoms with Crippen molar-refractivity contribution in [3.63, 3.8) is 0 Å². The molecule has 0 saturated heterocycles. The van der Waals surface area contributed by atoms with Gasteiger partial charge in [-0.25, -0.2) is 0 Å². The molecule has 1 heterocycles. The van der Waals surface area contributed by atoms with Crippen LogP contribution in [0.5, 0.6) is 0 Å². The van der Waals surface area contributed by atoms with Crippen molar-refractivity contribution in [2.45, 2.75) is 25.8 Å². The summed E-state index contributed by atoms with van der Waals surface area (Å²) < 4.78 is 0. The molecule has 0 aliphatic heterocycles. The molecule has 5 N–H and O–H groups in total. The maximum absolute atomic E-state index is 12.0. The van der Waals surface area contributed by atoms with Crippen LogP contribution in [0.25, 0.3) is 10.9 Å². The SMILES string of the molecule is CCCNCCNC(=O)[C@@H](N)Cc1c[nH]c2ccccc12. The fourth-order valence-corrected chi connectivity index (χ4v) is 2.34. The zero-order chi connectivity index (χ0) is 15.1. The quantitative estimate of drug-likeness (QED) is 0.550. The van der Waals surface area contributed by atoms with Crippen molar-refractivity contribution in [1.29, 1.82) is 0 Å². The van der Waals surface area contributed by atoms with Crippen molar-refractivity contribution in [1.82, 2.24) is 15.6 Å². The van der Waals surface area contributed by atoms with Gasteiger partial charge in [-0.2, -0.15) is 0 Å². The molecule has 5 heteroatoms. The summed E-state index contributed by atoms with van der Waals surface area (Å²) in [6, 6.07) is 7.52. The van der Waals surface area contributed by atoms with Crippen LogP contribution in [-0.2, 0) is 11.2 Å². The lowest BCUT2D eigenvalue weighted by Crippen LogP contribution is -2.44. The number of carbonyl (C=O) groups is 1. The molecule has 0 aliphatic rings. The number of H-pyrrole nitrogens is 1. The van der Waals surface area contributed by atoms with Crippen LogP contribution in [0.4, 0.5) is 0 Å². The Morgan fingerprint density at radius 1 is 1.29 bits per heavy atom. The second kappa shape index (κ2) is 7.81. The number of hydrogen-bond acceptors (Lipinski definition) is 3. The lowest BCUT2D eigenvalue weighted by molar-refractivity contribution is -0.122. The number of benzene rings is 1. The second-order valence-corrected chi connectivity index (χ2v) is 5.21. The molecule has 5 nitrogen and oxygen atoms in total. The van der Waals surface area contributed by atoms with Crippen LogP contribution >= 0.6 is 0 Å². The van der Waals surface area contributed by atoms with E-state index in [2.05, 4.69) is 22.5 Å². The van der Waals surface area contributed by atoms with Crippen LogP contribution in [0, 0.1) is 0 Å². The van der Waals surface area contributed by atoms with E-state index in [0.29, 0.717) is 13.0 Å². The summed E-state index contributed by atoms with van der Waals surface area (Å²) in [4.78, 5) is 15.2. The summed E-state index contributed by atoms with van der Waals surface area (Å²) in [6.45, 7) is 4.47.